The molecule has 5 aliphatic carbocycles. The van der Waals surface area contributed by atoms with Crippen LogP contribution in [0.3, 0.4) is 0 Å². The summed E-state index contributed by atoms with van der Waals surface area (Å²) in [6.07, 6.45) is 9.15. The molecular weight excluding hydrogens is 652 g/mol. The molecule has 294 valence electrons. The van der Waals surface area contributed by atoms with Crippen molar-refractivity contribution in [2.75, 3.05) is 19.6 Å². The number of allylic oxidation sites excluding steroid dienone is 2. The van der Waals surface area contributed by atoms with Crippen molar-refractivity contribution in [2.24, 2.45) is 62.6 Å². The molecule has 5 aliphatic rings. The molecule has 1 amide bonds. The normalized spacial score (nSPS) is 37.0. The molecule has 0 spiro atoms. The van der Waals surface area contributed by atoms with E-state index in [2.05, 4.69) is 72.5 Å². The third kappa shape index (κ3) is 6.82. The molecule has 8 heteroatoms. The van der Waals surface area contributed by atoms with Crippen LogP contribution in [0.25, 0.3) is 0 Å². The first-order valence-corrected chi connectivity index (χ1v) is 20.7. The highest BCUT2D eigenvalue weighted by Crippen LogP contribution is 2.75. The van der Waals surface area contributed by atoms with Crippen LogP contribution >= 0.6 is 0 Å². The average molecular weight is 725 g/mol. The number of carbonyl (C=O) groups excluding carboxylic acids is 3. The van der Waals surface area contributed by atoms with Crippen molar-refractivity contribution in [3.8, 4) is 0 Å². The fraction of sp³-hybridized carbons (Fsp3) is 0.864. The van der Waals surface area contributed by atoms with E-state index >= 15 is 0 Å². The van der Waals surface area contributed by atoms with E-state index < -0.39 is 17.4 Å². The van der Waals surface area contributed by atoms with Gasteiger partial charge in [-0.3, -0.25) is 24.1 Å². The van der Waals surface area contributed by atoms with E-state index in [1.54, 1.807) is 20.8 Å². The van der Waals surface area contributed by atoms with Gasteiger partial charge in [0.15, 0.2) is 5.78 Å². The van der Waals surface area contributed by atoms with Crippen molar-refractivity contribution in [1.82, 2.24) is 10.2 Å². The second kappa shape index (κ2) is 14.5. The van der Waals surface area contributed by atoms with Crippen molar-refractivity contribution in [2.45, 2.75) is 159 Å². The lowest BCUT2D eigenvalue weighted by Gasteiger charge is -2.71. The van der Waals surface area contributed by atoms with E-state index in [4.69, 9.17) is 4.74 Å². The maximum Gasteiger partial charge on any atom is 0.309 e. The Hall–Kier alpha value is -2.22. The fourth-order valence-electron chi connectivity index (χ4n) is 13.2. The Morgan fingerprint density at radius 2 is 1.56 bits per heavy atom. The molecular formula is C44H72N2O6. The van der Waals surface area contributed by atoms with Crippen molar-refractivity contribution >= 4 is 23.6 Å². The summed E-state index contributed by atoms with van der Waals surface area (Å²) in [6.45, 7) is 28.2. The molecule has 0 bridgehead atoms. The number of carbonyl (C=O) groups is 4. The molecule has 0 aliphatic heterocycles. The van der Waals surface area contributed by atoms with Gasteiger partial charge in [0.25, 0.3) is 0 Å². The number of esters is 1. The van der Waals surface area contributed by atoms with Gasteiger partial charge < -0.3 is 15.2 Å². The second-order valence-electron chi connectivity index (χ2n) is 20.4. The summed E-state index contributed by atoms with van der Waals surface area (Å²) in [5, 5.41) is 12.6. The molecule has 0 aromatic heterocycles. The van der Waals surface area contributed by atoms with Crippen molar-refractivity contribution in [1.29, 1.82) is 0 Å². The number of nitrogens with one attached hydrogen (secondary N) is 1. The molecule has 0 heterocycles. The molecule has 0 aromatic carbocycles. The number of carboxylic acids is 1. The number of aliphatic carboxylic acids is 1. The second-order valence-corrected chi connectivity index (χ2v) is 20.4. The van der Waals surface area contributed by atoms with Crippen molar-refractivity contribution in [3.05, 3.63) is 11.1 Å². The molecule has 8 nitrogen and oxygen atoms in total. The molecule has 4 fully saturated rings. The van der Waals surface area contributed by atoms with E-state index in [-0.39, 0.29) is 51.9 Å². The highest BCUT2D eigenvalue weighted by atomic mass is 16.5. The minimum Gasteiger partial charge on any atom is -0.481 e. The Balaban J connectivity index is 1.36. The smallest absolute Gasteiger partial charge is 0.309 e. The van der Waals surface area contributed by atoms with Crippen LogP contribution in [0.1, 0.15) is 147 Å². The summed E-state index contributed by atoms with van der Waals surface area (Å²) in [4.78, 5) is 53.2. The Morgan fingerprint density at radius 1 is 0.904 bits per heavy atom. The zero-order chi connectivity index (χ0) is 38.8. The number of ketones is 1. The van der Waals surface area contributed by atoms with Gasteiger partial charge in [-0.1, -0.05) is 54.0 Å². The molecule has 3 unspecified atom stereocenters. The van der Waals surface area contributed by atoms with Gasteiger partial charge in [0, 0.05) is 37.4 Å². The first kappa shape index (κ1) is 41.0. The van der Waals surface area contributed by atoms with Gasteiger partial charge in [-0.15, -0.1) is 0 Å². The molecule has 5 rings (SSSR count). The Bertz CT molecular complexity index is 1450. The molecule has 0 radical (unpaired) electrons. The van der Waals surface area contributed by atoms with Gasteiger partial charge in [0.05, 0.1) is 11.8 Å². The van der Waals surface area contributed by atoms with Crippen LogP contribution in [-0.4, -0.2) is 65.4 Å². The van der Waals surface area contributed by atoms with Gasteiger partial charge >= 0.3 is 11.9 Å². The summed E-state index contributed by atoms with van der Waals surface area (Å²) < 4.78 is 6.17. The van der Waals surface area contributed by atoms with Crippen LogP contribution in [-0.2, 0) is 23.9 Å². The first-order chi connectivity index (χ1) is 24.0. The van der Waals surface area contributed by atoms with Gasteiger partial charge in [-0.2, -0.15) is 0 Å². The monoisotopic (exact) mass is 725 g/mol. The molecule has 52 heavy (non-hydrogen) atoms. The fourth-order valence-corrected chi connectivity index (χ4v) is 13.2. The maximum atomic E-state index is 14.5. The number of rotatable bonds is 12. The number of carboxylic acid groups (broad SMARTS) is 1. The van der Waals surface area contributed by atoms with E-state index in [0.29, 0.717) is 42.0 Å². The molecule has 4 saturated carbocycles. The van der Waals surface area contributed by atoms with Gasteiger partial charge in [0.1, 0.15) is 6.10 Å². The topological polar surface area (TPSA) is 113 Å². The largest absolute Gasteiger partial charge is 0.481 e. The average Bonchev–Trinajstić information content (AvgIpc) is 3.30. The van der Waals surface area contributed by atoms with Crippen LogP contribution in [0.4, 0.5) is 0 Å². The highest BCUT2D eigenvalue weighted by molar-refractivity contribution is 6.01. The number of hydrogen-bond acceptors (Lipinski definition) is 6. The number of hydrogen-bond donors (Lipinski definition) is 2. The van der Waals surface area contributed by atoms with E-state index in [0.717, 1.165) is 70.0 Å². The highest BCUT2D eigenvalue weighted by Gasteiger charge is 2.69. The lowest BCUT2D eigenvalue weighted by molar-refractivity contribution is -0.232. The third-order valence-electron chi connectivity index (χ3n) is 16.2. The van der Waals surface area contributed by atoms with Crippen LogP contribution in [0.2, 0.25) is 0 Å². The summed E-state index contributed by atoms with van der Waals surface area (Å²) in [7, 11) is 0. The Labute approximate surface area is 315 Å². The number of ether oxygens (including phenoxy) is 1. The zero-order valence-electron chi connectivity index (χ0n) is 34.7. The molecule has 9 atom stereocenters. The number of nitrogens with zero attached hydrogens (tertiary/aromatic N) is 1. The number of amides is 1. The quantitative estimate of drug-likeness (QED) is 0.194. The predicted octanol–water partition coefficient (Wildman–Crippen LogP) is 8.47. The van der Waals surface area contributed by atoms with E-state index in [1.807, 2.05) is 0 Å². The van der Waals surface area contributed by atoms with Crippen LogP contribution < -0.4 is 5.32 Å². The zero-order valence-corrected chi connectivity index (χ0v) is 34.7. The molecule has 0 saturated heterocycles. The van der Waals surface area contributed by atoms with Crippen LogP contribution in [0.15, 0.2) is 11.1 Å². The van der Waals surface area contributed by atoms with Crippen molar-refractivity contribution in [3.63, 3.8) is 0 Å². The minimum absolute atomic E-state index is 0.00249. The van der Waals surface area contributed by atoms with E-state index in [9.17, 15) is 24.3 Å². The van der Waals surface area contributed by atoms with Gasteiger partial charge in [0.2, 0.25) is 5.91 Å². The van der Waals surface area contributed by atoms with Gasteiger partial charge in [-0.05, 0) is 143 Å². The van der Waals surface area contributed by atoms with E-state index in [1.165, 1.54) is 12.0 Å². The standard InChI is InChI=1S/C44H72N2O6/c1-26(2)36-37-29(30(38(36)49)18-23-46(27(3)4)24-22-45-28(5)47)15-20-43(11)31(37)13-14-33-42(10)19-17-34(52-35(48)25-40(6,7)39(50)51)41(8,9)32(42)16-21-44(33,43)12/h26-27,29-34H,13-25H2,1-12H3,(H,45,47)(H,50,51)/t29?,30-,31+,32?,33?,34-,42-,43+,44+/m0/s1. The van der Waals surface area contributed by atoms with Crippen LogP contribution in [0.5, 0.6) is 0 Å². The first-order valence-electron chi connectivity index (χ1n) is 20.7. The summed E-state index contributed by atoms with van der Waals surface area (Å²) in [5.74, 6) is 1.04. The lowest BCUT2D eigenvalue weighted by atomic mass is 9.33. The Morgan fingerprint density at radius 3 is 2.15 bits per heavy atom. The SMILES string of the molecule is CC(=O)NCCN(CC[C@@H]1C(=O)C(C(C)C)=C2C1CC[C@]1(C)[C@@H]2CCC2[C@@]3(C)CC[C@H](OC(=O)CC(C)(C)C(=O)O)C(C)(C)C3CC[C@]21C)C(C)C. The third-order valence-corrected chi connectivity index (χ3v) is 16.2. The van der Waals surface area contributed by atoms with Crippen LogP contribution in [0, 0.1) is 62.6 Å². The molecule has 0 aromatic rings. The lowest BCUT2D eigenvalue weighted by Crippen LogP contribution is -2.65. The number of fused-ring (bicyclic) bond motifs is 7. The maximum absolute atomic E-state index is 14.5. The van der Waals surface area contributed by atoms with Gasteiger partial charge in [-0.25, -0.2) is 0 Å². The van der Waals surface area contributed by atoms with Crippen molar-refractivity contribution < 1.29 is 29.0 Å². The Kier molecular flexibility index (Phi) is 11.4. The predicted molar refractivity (Wildman–Crippen MR) is 205 cm³/mol. The summed E-state index contributed by atoms with van der Waals surface area (Å²) in [5.41, 5.74) is 1.69. The summed E-state index contributed by atoms with van der Waals surface area (Å²) >= 11 is 0. The number of Topliss-reactive ketones (excluding diaryl/α,β-unsaturated/α-hetero) is 1. The summed E-state index contributed by atoms with van der Waals surface area (Å²) in [6, 6.07) is 0.347. The molecule has 2 N–H and O–H groups in total. The minimum atomic E-state index is -1.15.